The van der Waals surface area contributed by atoms with Gasteiger partial charge in [0.2, 0.25) is 0 Å². The summed E-state index contributed by atoms with van der Waals surface area (Å²) >= 11 is 0. The van der Waals surface area contributed by atoms with Gasteiger partial charge in [-0.25, -0.2) is 9.18 Å². The second-order valence-corrected chi connectivity index (χ2v) is 4.83. The van der Waals surface area contributed by atoms with Gasteiger partial charge in [-0.3, -0.25) is 0 Å². The number of esters is 1. The second-order valence-electron chi connectivity index (χ2n) is 4.83. The van der Waals surface area contributed by atoms with E-state index in [0.29, 0.717) is 24.0 Å². The smallest absolute Gasteiger partial charge is 0.334 e. The summed E-state index contributed by atoms with van der Waals surface area (Å²) in [5.74, 6) is -0.689. The summed E-state index contributed by atoms with van der Waals surface area (Å²) < 4.78 is 19.4. The number of carbonyl (C=O) groups excluding carboxylic acids is 1. The lowest BCUT2D eigenvalue weighted by atomic mass is 9.94. The Labute approximate surface area is 112 Å². The van der Waals surface area contributed by atoms with E-state index in [-0.39, 0.29) is 5.82 Å². The number of ether oxygens (including phenoxy) is 1. The molecule has 2 rings (SSSR count). The fourth-order valence-electron chi connectivity index (χ4n) is 2.49. The van der Waals surface area contributed by atoms with Gasteiger partial charge >= 0.3 is 5.97 Å². The average molecular weight is 260 g/mol. The number of fused-ring (bicyclic) bond motifs is 1. The van der Waals surface area contributed by atoms with E-state index in [2.05, 4.69) is 6.58 Å². The van der Waals surface area contributed by atoms with Crippen molar-refractivity contribution in [2.75, 3.05) is 0 Å². The molecular weight excluding hydrogens is 243 g/mol. The van der Waals surface area contributed by atoms with Gasteiger partial charge in [0.25, 0.3) is 0 Å². The number of benzene rings is 1. The van der Waals surface area contributed by atoms with Gasteiger partial charge < -0.3 is 4.74 Å². The predicted octanol–water partition coefficient (Wildman–Crippen LogP) is 3.66. The van der Waals surface area contributed by atoms with Crippen LogP contribution in [0.5, 0.6) is 0 Å². The predicted molar refractivity (Wildman–Crippen MR) is 72.1 cm³/mol. The first kappa shape index (κ1) is 13.5. The average Bonchev–Trinajstić information content (AvgIpc) is 2.70. The zero-order valence-electron chi connectivity index (χ0n) is 11.2. The third kappa shape index (κ3) is 2.33. The first-order valence-electron chi connectivity index (χ1n) is 6.31. The summed E-state index contributed by atoms with van der Waals surface area (Å²) in [7, 11) is 0. The van der Waals surface area contributed by atoms with Crippen molar-refractivity contribution in [1.29, 1.82) is 0 Å². The molecular formula is C16H17FO2. The molecule has 1 aromatic carbocycles. The van der Waals surface area contributed by atoms with Crippen molar-refractivity contribution in [3.05, 3.63) is 59.4 Å². The molecule has 3 heteroatoms. The molecule has 0 bridgehead atoms. The van der Waals surface area contributed by atoms with Gasteiger partial charge in [-0.2, -0.15) is 0 Å². The van der Waals surface area contributed by atoms with Gasteiger partial charge in [0.15, 0.2) is 5.60 Å². The van der Waals surface area contributed by atoms with E-state index >= 15 is 0 Å². The van der Waals surface area contributed by atoms with Crippen LogP contribution in [-0.2, 0) is 21.6 Å². The molecule has 1 aromatic rings. The highest BCUT2D eigenvalue weighted by atomic mass is 19.1. The van der Waals surface area contributed by atoms with Crippen LogP contribution >= 0.6 is 0 Å². The number of rotatable bonds is 3. The maximum atomic E-state index is 13.8. The first-order valence-corrected chi connectivity index (χ1v) is 6.31. The fourth-order valence-corrected chi connectivity index (χ4v) is 2.49. The van der Waals surface area contributed by atoms with Crippen LogP contribution in [0.1, 0.15) is 31.4 Å². The Kier molecular flexibility index (Phi) is 3.56. The van der Waals surface area contributed by atoms with E-state index in [4.69, 9.17) is 4.74 Å². The molecule has 1 aliphatic rings. The van der Waals surface area contributed by atoms with Crippen LogP contribution in [0.25, 0.3) is 0 Å². The van der Waals surface area contributed by atoms with Gasteiger partial charge in [-0.1, -0.05) is 24.8 Å². The molecule has 1 atom stereocenters. The van der Waals surface area contributed by atoms with Crippen LogP contribution in [0.15, 0.2) is 42.5 Å². The number of hydrogen-bond donors (Lipinski definition) is 0. The molecule has 2 nitrogen and oxygen atoms in total. The van der Waals surface area contributed by atoms with Gasteiger partial charge in [-0.05, 0) is 44.4 Å². The van der Waals surface area contributed by atoms with Crippen LogP contribution in [0.3, 0.4) is 0 Å². The van der Waals surface area contributed by atoms with E-state index in [1.807, 2.05) is 25.1 Å². The monoisotopic (exact) mass is 260 g/mol. The summed E-state index contributed by atoms with van der Waals surface area (Å²) in [4.78, 5) is 11.8. The molecule has 0 saturated heterocycles. The lowest BCUT2D eigenvalue weighted by Crippen LogP contribution is -2.28. The maximum Gasteiger partial charge on any atom is 0.334 e. The number of hydrogen-bond acceptors (Lipinski definition) is 2. The van der Waals surface area contributed by atoms with E-state index < -0.39 is 11.6 Å². The lowest BCUT2D eigenvalue weighted by Gasteiger charge is -2.27. The Morgan fingerprint density at radius 1 is 1.53 bits per heavy atom. The van der Waals surface area contributed by atoms with Crippen molar-refractivity contribution < 1.29 is 13.9 Å². The van der Waals surface area contributed by atoms with Crippen molar-refractivity contribution in [3.63, 3.8) is 0 Å². The molecule has 0 heterocycles. The largest absolute Gasteiger partial charge is 0.447 e. The summed E-state index contributed by atoms with van der Waals surface area (Å²) in [5, 5.41) is 0. The molecule has 1 aliphatic carbocycles. The Morgan fingerprint density at radius 3 is 2.89 bits per heavy atom. The zero-order valence-corrected chi connectivity index (χ0v) is 11.2. The molecule has 100 valence electrons. The maximum absolute atomic E-state index is 13.8. The SMILES string of the molecule is C=C(C)C(=O)OC1(C=CC)CCc2c(F)cccc21. The Hall–Kier alpha value is -1.90. The lowest BCUT2D eigenvalue weighted by molar-refractivity contribution is -0.151. The van der Waals surface area contributed by atoms with Gasteiger partial charge in [0, 0.05) is 11.1 Å². The molecule has 0 amide bonds. The molecule has 0 fully saturated rings. The standard InChI is InChI=1S/C16H17FO2/c1-4-9-16(19-15(18)11(2)3)10-8-12-13(16)6-5-7-14(12)17/h4-7,9H,2,8,10H2,1,3H3. The second kappa shape index (κ2) is 5.00. The molecule has 0 N–H and O–H groups in total. The summed E-state index contributed by atoms with van der Waals surface area (Å²) in [6.07, 6.45) is 4.77. The number of halogens is 1. The minimum Gasteiger partial charge on any atom is -0.447 e. The van der Waals surface area contributed by atoms with Crippen LogP contribution < -0.4 is 0 Å². The molecule has 0 aromatic heterocycles. The van der Waals surface area contributed by atoms with E-state index in [9.17, 15) is 9.18 Å². The molecule has 0 aliphatic heterocycles. The van der Waals surface area contributed by atoms with E-state index in [1.165, 1.54) is 6.07 Å². The van der Waals surface area contributed by atoms with Crippen molar-refractivity contribution in [3.8, 4) is 0 Å². The van der Waals surface area contributed by atoms with E-state index in [1.54, 1.807) is 13.0 Å². The normalized spacial score (nSPS) is 21.4. The molecule has 0 radical (unpaired) electrons. The Bertz CT molecular complexity index is 560. The van der Waals surface area contributed by atoms with Crippen molar-refractivity contribution in [2.45, 2.75) is 32.3 Å². The van der Waals surface area contributed by atoms with Crippen LogP contribution in [0, 0.1) is 5.82 Å². The van der Waals surface area contributed by atoms with Gasteiger partial charge in [0.1, 0.15) is 5.82 Å². The van der Waals surface area contributed by atoms with Crippen molar-refractivity contribution in [2.24, 2.45) is 0 Å². The minimum atomic E-state index is -0.859. The molecule has 19 heavy (non-hydrogen) atoms. The van der Waals surface area contributed by atoms with Gasteiger partial charge in [-0.15, -0.1) is 0 Å². The molecule has 0 saturated carbocycles. The molecule has 0 spiro atoms. The quantitative estimate of drug-likeness (QED) is 0.471. The Balaban J connectivity index is 2.47. The number of allylic oxidation sites excluding steroid dienone is 1. The van der Waals surface area contributed by atoms with Crippen molar-refractivity contribution >= 4 is 5.97 Å². The highest BCUT2D eigenvalue weighted by molar-refractivity contribution is 5.87. The summed E-state index contributed by atoms with van der Waals surface area (Å²) in [5.41, 5.74) is 0.853. The van der Waals surface area contributed by atoms with Crippen LogP contribution in [0.2, 0.25) is 0 Å². The zero-order chi connectivity index (χ0) is 14.0. The van der Waals surface area contributed by atoms with Gasteiger partial charge in [0.05, 0.1) is 0 Å². The highest BCUT2D eigenvalue weighted by Gasteiger charge is 2.41. The van der Waals surface area contributed by atoms with Crippen LogP contribution in [-0.4, -0.2) is 5.97 Å². The number of carbonyl (C=O) groups is 1. The summed E-state index contributed by atoms with van der Waals surface area (Å²) in [6, 6.07) is 4.90. The topological polar surface area (TPSA) is 26.3 Å². The van der Waals surface area contributed by atoms with Crippen LogP contribution in [0.4, 0.5) is 4.39 Å². The third-order valence-electron chi connectivity index (χ3n) is 3.38. The first-order chi connectivity index (χ1) is 9.00. The third-order valence-corrected chi connectivity index (χ3v) is 3.38. The van der Waals surface area contributed by atoms with Crippen molar-refractivity contribution in [1.82, 2.24) is 0 Å². The Morgan fingerprint density at radius 2 is 2.26 bits per heavy atom. The van der Waals surface area contributed by atoms with E-state index in [0.717, 1.165) is 5.56 Å². The highest BCUT2D eigenvalue weighted by Crippen LogP contribution is 2.42. The molecule has 1 unspecified atom stereocenters. The summed E-state index contributed by atoms with van der Waals surface area (Å²) in [6.45, 7) is 7.05. The minimum absolute atomic E-state index is 0.241. The fraction of sp³-hybridized carbons (Fsp3) is 0.312.